The Kier molecular flexibility index (Phi) is 10.1. The monoisotopic (exact) mass is 619 g/mol. The Labute approximate surface area is 270 Å². The first-order valence-electron chi connectivity index (χ1n) is 16.0. The van der Waals surface area contributed by atoms with Gasteiger partial charge in [0.25, 0.3) is 0 Å². The van der Waals surface area contributed by atoms with Crippen molar-refractivity contribution in [2.45, 2.75) is 52.0 Å². The van der Waals surface area contributed by atoms with Crippen LogP contribution in [0.1, 0.15) is 46.2 Å². The Morgan fingerprint density at radius 1 is 0.804 bits per heavy atom. The van der Waals surface area contributed by atoms with Gasteiger partial charge in [-0.3, -0.25) is 4.90 Å². The number of urea groups is 1. The molecule has 2 fully saturated rings. The lowest BCUT2D eigenvalue weighted by Gasteiger charge is -2.22. The van der Waals surface area contributed by atoms with Crippen LogP contribution in [-0.2, 0) is 30.9 Å². The largest absolute Gasteiger partial charge is 0.491 e. The van der Waals surface area contributed by atoms with Crippen LogP contribution in [0.15, 0.2) is 97.1 Å². The maximum Gasteiger partial charge on any atom is 0.418 e. The third-order valence-corrected chi connectivity index (χ3v) is 8.59. The van der Waals surface area contributed by atoms with Crippen LogP contribution < -0.4 is 14.8 Å². The van der Waals surface area contributed by atoms with Gasteiger partial charge in [0.1, 0.15) is 31.3 Å². The van der Waals surface area contributed by atoms with E-state index in [1.54, 1.807) is 0 Å². The number of nitrogens with zero attached hydrogens (tertiary/aromatic N) is 2. The average molecular weight is 620 g/mol. The summed E-state index contributed by atoms with van der Waals surface area (Å²) in [5.41, 5.74) is 6.75. The number of aryl methyl sites for hydroxylation is 1. The van der Waals surface area contributed by atoms with Gasteiger partial charge in [-0.05, 0) is 72.3 Å². The van der Waals surface area contributed by atoms with Gasteiger partial charge < -0.3 is 19.5 Å². The van der Waals surface area contributed by atoms with Crippen molar-refractivity contribution in [2.75, 3.05) is 26.2 Å². The second-order valence-corrected chi connectivity index (χ2v) is 12.0. The SMILES string of the molecule is Cc1cc(Cc2ccc(OCc3ccccc3)cc2OCC2CNC(=O)N2C(=O)OCc2ccccc2)ccc1CN1CCCC1. The smallest absolute Gasteiger partial charge is 0.418 e. The maximum atomic E-state index is 13.0. The summed E-state index contributed by atoms with van der Waals surface area (Å²) in [5, 5.41) is 2.75. The van der Waals surface area contributed by atoms with Gasteiger partial charge >= 0.3 is 12.1 Å². The topological polar surface area (TPSA) is 80.3 Å². The van der Waals surface area contributed by atoms with Crippen LogP contribution in [0.3, 0.4) is 0 Å². The van der Waals surface area contributed by atoms with Crippen LogP contribution in [0.2, 0.25) is 0 Å². The van der Waals surface area contributed by atoms with E-state index in [1.807, 2.05) is 78.9 Å². The molecule has 1 N–H and O–H groups in total. The molecule has 0 aliphatic carbocycles. The van der Waals surface area contributed by atoms with Crippen molar-refractivity contribution in [2.24, 2.45) is 0 Å². The summed E-state index contributed by atoms with van der Waals surface area (Å²) in [6, 6.07) is 31.0. The Bertz CT molecular complexity index is 1620. The molecular weight excluding hydrogens is 578 g/mol. The fraction of sp³-hybridized carbons (Fsp3) is 0.316. The summed E-state index contributed by atoms with van der Waals surface area (Å²) in [4.78, 5) is 29.2. The molecule has 2 heterocycles. The highest BCUT2D eigenvalue weighted by Gasteiger charge is 2.37. The van der Waals surface area contributed by atoms with Crippen LogP contribution in [-0.4, -0.2) is 54.2 Å². The van der Waals surface area contributed by atoms with Gasteiger partial charge in [-0.25, -0.2) is 14.5 Å². The highest BCUT2D eigenvalue weighted by molar-refractivity contribution is 5.93. The summed E-state index contributed by atoms with van der Waals surface area (Å²) in [6.45, 7) is 6.42. The van der Waals surface area contributed by atoms with Gasteiger partial charge in [-0.15, -0.1) is 0 Å². The van der Waals surface area contributed by atoms with E-state index in [2.05, 4.69) is 35.3 Å². The van der Waals surface area contributed by atoms with Gasteiger partial charge in [0.05, 0.1) is 6.04 Å². The molecule has 0 bridgehead atoms. The van der Waals surface area contributed by atoms with Crippen LogP contribution >= 0.6 is 0 Å². The number of hydrogen-bond acceptors (Lipinski definition) is 6. The normalized spacial score (nSPS) is 16.3. The van der Waals surface area contributed by atoms with Gasteiger partial charge in [0.2, 0.25) is 0 Å². The minimum Gasteiger partial charge on any atom is -0.491 e. The van der Waals surface area contributed by atoms with Crippen LogP contribution in [0.4, 0.5) is 9.59 Å². The fourth-order valence-electron chi connectivity index (χ4n) is 5.98. The number of carbonyl (C=O) groups is 2. The minimum atomic E-state index is -0.697. The molecule has 6 rings (SSSR count). The molecule has 0 saturated carbocycles. The lowest BCUT2D eigenvalue weighted by Crippen LogP contribution is -2.42. The number of hydrogen-bond donors (Lipinski definition) is 1. The van der Waals surface area contributed by atoms with E-state index in [1.165, 1.54) is 42.6 Å². The quantitative estimate of drug-likeness (QED) is 0.187. The molecule has 8 nitrogen and oxygen atoms in total. The van der Waals surface area contributed by atoms with Crippen molar-refractivity contribution >= 4 is 12.1 Å². The molecule has 1 atom stereocenters. The second-order valence-electron chi connectivity index (χ2n) is 12.0. The van der Waals surface area contributed by atoms with Crippen molar-refractivity contribution in [3.05, 3.63) is 130 Å². The number of likely N-dealkylation sites (tertiary alicyclic amines) is 1. The number of benzene rings is 4. The van der Waals surface area contributed by atoms with E-state index in [4.69, 9.17) is 14.2 Å². The summed E-state index contributed by atoms with van der Waals surface area (Å²) in [6.07, 6.45) is 2.53. The number of amides is 3. The van der Waals surface area contributed by atoms with Gasteiger partial charge in [0, 0.05) is 25.6 Å². The summed E-state index contributed by atoms with van der Waals surface area (Å²) < 4.78 is 18.0. The van der Waals surface area contributed by atoms with Crippen molar-refractivity contribution < 1.29 is 23.8 Å². The molecule has 0 spiro atoms. The first-order valence-corrected chi connectivity index (χ1v) is 16.0. The number of rotatable bonds is 12. The molecule has 46 heavy (non-hydrogen) atoms. The van der Waals surface area contributed by atoms with Crippen molar-refractivity contribution in [3.63, 3.8) is 0 Å². The molecular formula is C38H41N3O5. The summed E-state index contributed by atoms with van der Waals surface area (Å²) in [7, 11) is 0. The molecule has 0 aromatic heterocycles. The predicted octanol–water partition coefficient (Wildman–Crippen LogP) is 6.87. The minimum absolute atomic E-state index is 0.0816. The van der Waals surface area contributed by atoms with E-state index in [-0.39, 0.29) is 19.8 Å². The van der Waals surface area contributed by atoms with Crippen molar-refractivity contribution in [1.82, 2.24) is 15.1 Å². The molecule has 8 heteroatoms. The van der Waals surface area contributed by atoms with Crippen LogP contribution in [0, 0.1) is 6.92 Å². The first kappa shape index (κ1) is 31.2. The highest BCUT2D eigenvalue weighted by atomic mass is 16.6. The van der Waals surface area contributed by atoms with Crippen LogP contribution in [0.25, 0.3) is 0 Å². The van der Waals surface area contributed by atoms with Gasteiger partial charge in [-0.2, -0.15) is 0 Å². The Morgan fingerprint density at radius 3 is 2.22 bits per heavy atom. The van der Waals surface area contributed by atoms with Gasteiger partial charge in [-0.1, -0.05) is 84.9 Å². The zero-order chi connectivity index (χ0) is 31.7. The summed E-state index contributed by atoms with van der Waals surface area (Å²) >= 11 is 0. The molecule has 3 amide bonds. The number of imide groups is 1. The Balaban J connectivity index is 1.16. The van der Waals surface area contributed by atoms with E-state index >= 15 is 0 Å². The zero-order valence-corrected chi connectivity index (χ0v) is 26.3. The third-order valence-electron chi connectivity index (χ3n) is 8.59. The molecule has 238 valence electrons. The number of nitrogens with one attached hydrogen (secondary N) is 1. The first-order chi connectivity index (χ1) is 22.5. The fourth-order valence-corrected chi connectivity index (χ4v) is 5.98. The zero-order valence-electron chi connectivity index (χ0n) is 26.3. The number of carbonyl (C=O) groups excluding carboxylic acids is 2. The number of ether oxygens (including phenoxy) is 3. The second kappa shape index (κ2) is 15.0. The molecule has 2 aliphatic rings. The van der Waals surface area contributed by atoms with Gasteiger partial charge in [0.15, 0.2) is 0 Å². The molecule has 1 unspecified atom stereocenters. The molecule has 0 radical (unpaired) electrons. The van der Waals surface area contributed by atoms with Crippen molar-refractivity contribution in [3.8, 4) is 11.5 Å². The van der Waals surface area contributed by atoms with Crippen LogP contribution in [0.5, 0.6) is 11.5 Å². The Morgan fingerprint density at radius 2 is 1.50 bits per heavy atom. The highest BCUT2D eigenvalue weighted by Crippen LogP contribution is 2.29. The summed E-state index contributed by atoms with van der Waals surface area (Å²) in [5.74, 6) is 1.33. The van der Waals surface area contributed by atoms with E-state index in [9.17, 15) is 9.59 Å². The lowest BCUT2D eigenvalue weighted by molar-refractivity contribution is 0.0927. The predicted molar refractivity (Wildman–Crippen MR) is 177 cm³/mol. The Hall–Kier alpha value is -4.82. The average Bonchev–Trinajstić information content (AvgIpc) is 3.74. The van der Waals surface area contributed by atoms with E-state index < -0.39 is 18.2 Å². The molecule has 4 aromatic rings. The van der Waals surface area contributed by atoms with E-state index in [0.717, 1.165) is 28.1 Å². The maximum absolute atomic E-state index is 13.0. The third kappa shape index (κ3) is 8.06. The molecule has 2 aliphatic heterocycles. The van der Waals surface area contributed by atoms with Crippen molar-refractivity contribution in [1.29, 1.82) is 0 Å². The lowest BCUT2D eigenvalue weighted by atomic mass is 9.99. The molecule has 2 saturated heterocycles. The standard InChI is InChI=1S/C38H41N3O5/c1-28-20-31(14-15-33(28)24-40-18-8-9-19-40)21-32-16-17-35(44-25-29-10-4-2-5-11-29)22-36(32)45-27-34-23-39-37(42)41(34)38(43)46-26-30-12-6-3-7-13-30/h2-7,10-17,20,22,34H,8-9,18-19,21,23-27H2,1H3,(H,39,42). The van der Waals surface area contributed by atoms with E-state index in [0.29, 0.717) is 24.5 Å². The molecule has 4 aromatic carbocycles.